The molecule has 0 saturated heterocycles. The molecule has 120 valence electrons. The molecule has 0 fully saturated rings. The number of carbonyl (C=O) groups excluding carboxylic acids is 1. The molecule has 3 N–H and O–H groups in total. The molecule has 0 unspecified atom stereocenters. The minimum absolute atomic E-state index is 0.00676. The molecule has 0 aliphatic rings. The van der Waals surface area contributed by atoms with E-state index in [1.54, 1.807) is 24.3 Å². The van der Waals surface area contributed by atoms with Crippen LogP contribution in [-0.2, 0) is 14.8 Å². The van der Waals surface area contributed by atoms with Crippen molar-refractivity contribution in [3.05, 3.63) is 29.1 Å². The van der Waals surface area contributed by atoms with Crippen LogP contribution in [0, 0.1) is 0 Å². The lowest BCUT2D eigenvalue weighted by molar-refractivity contribution is 0.0602. The van der Waals surface area contributed by atoms with Crippen LogP contribution < -0.4 is 10.5 Å². The largest absolute Gasteiger partial charge is 0.465 e. The van der Waals surface area contributed by atoms with Crippen molar-refractivity contribution in [2.24, 2.45) is 5.73 Å². The van der Waals surface area contributed by atoms with Crippen LogP contribution in [0.1, 0.15) is 22.5 Å². The summed E-state index contributed by atoms with van der Waals surface area (Å²) in [4.78, 5) is 12.0. The molecular formula is C14H18N2O4S2. The number of hydrogen-bond donors (Lipinski definition) is 2. The van der Waals surface area contributed by atoms with Gasteiger partial charge in [-0.05, 0) is 25.5 Å². The minimum Gasteiger partial charge on any atom is -0.465 e. The lowest BCUT2D eigenvalue weighted by Gasteiger charge is -2.07. The van der Waals surface area contributed by atoms with Gasteiger partial charge in [0.1, 0.15) is 9.77 Å². The standard InChI is InChI=1S/C14H18N2O4S2/c1-20-14(17)12-13(10-6-2-3-7-11(10)21-12)22(18,19)16-9-5-4-8-15/h2-3,6-7,16H,4-5,8-9,15H2,1H3. The molecule has 0 amide bonds. The molecule has 1 aromatic carbocycles. The highest BCUT2D eigenvalue weighted by Crippen LogP contribution is 2.35. The number of thiophene rings is 1. The number of rotatable bonds is 7. The van der Waals surface area contributed by atoms with Crippen molar-refractivity contribution in [3.63, 3.8) is 0 Å². The number of carbonyl (C=O) groups is 1. The Balaban J connectivity index is 2.45. The first kappa shape index (κ1) is 16.9. The fourth-order valence-corrected chi connectivity index (χ4v) is 4.95. The fraction of sp³-hybridized carbons (Fsp3) is 0.357. The first-order chi connectivity index (χ1) is 10.5. The maximum atomic E-state index is 12.6. The Hall–Kier alpha value is -1.48. The van der Waals surface area contributed by atoms with E-state index in [2.05, 4.69) is 4.72 Å². The van der Waals surface area contributed by atoms with Gasteiger partial charge in [0.25, 0.3) is 0 Å². The Labute approximate surface area is 133 Å². The molecule has 6 nitrogen and oxygen atoms in total. The zero-order valence-electron chi connectivity index (χ0n) is 12.2. The molecule has 1 heterocycles. The molecule has 22 heavy (non-hydrogen) atoms. The Morgan fingerprint density at radius 3 is 2.73 bits per heavy atom. The third-order valence-electron chi connectivity index (χ3n) is 3.11. The van der Waals surface area contributed by atoms with E-state index in [1.807, 2.05) is 0 Å². The van der Waals surface area contributed by atoms with Gasteiger partial charge in [-0.25, -0.2) is 17.9 Å². The summed E-state index contributed by atoms with van der Waals surface area (Å²) in [6.07, 6.45) is 1.38. The number of methoxy groups -OCH3 is 1. The summed E-state index contributed by atoms with van der Waals surface area (Å²) in [6, 6.07) is 7.00. The maximum Gasteiger partial charge on any atom is 0.349 e. The third-order valence-corrected chi connectivity index (χ3v) is 5.94. The predicted octanol–water partition coefficient (Wildman–Crippen LogP) is 1.71. The predicted molar refractivity (Wildman–Crippen MR) is 86.6 cm³/mol. The topological polar surface area (TPSA) is 98.5 Å². The SMILES string of the molecule is COC(=O)c1sc2ccccc2c1S(=O)(=O)NCCCCN. The zero-order valence-corrected chi connectivity index (χ0v) is 13.8. The van der Waals surface area contributed by atoms with Gasteiger partial charge < -0.3 is 10.5 Å². The Bertz CT molecular complexity index is 768. The quantitative estimate of drug-likeness (QED) is 0.589. The minimum atomic E-state index is -3.79. The molecule has 0 atom stereocenters. The van der Waals surface area contributed by atoms with Gasteiger partial charge in [-0.2, -0.15) is 0 Å². The van der Waals surface area contributed by atoms with E-state index < -0.39 is 16.0 Å². The normalized spacial score (nSPS) is 11.7. The number of nitrogens with two attached hydrogens (primary N) is 1. The van der Waals surface area contributed by atoms with E-state index in [4.69, 9.17) is 10.5 Å². The van der Waals surface area contributed by atoms with Gasteiger partial charge in [-0.3, -0.25) is 0 Å². The molecule has 1 aromatic heterocycles. The summed E-state index contributed by atoms with van der Waals surface area (Å²) >= 11 is 1.11. The van der Waals surface area contributed by atoms with Gasteiger partial charge in [0.15, 0.2) is 0 Å². The molecule has 0 aliphatic carbocycles. The zero-order chi connectivity index (χ0) is 16.2. The van der Waals surface area contributed by atoms with E-state index in [-0.39, 0.29) is 16.3 Å². The number of unbranched alkanes of at least 4 members (excludes halogenated alkanes) is 1. The Kier molecular flexibility index (Phi) is 5.52. The van der Waals surface area contributed by atoms with Crippen LogP contribution in [0.15, 0.2) is 29.2 Å². The van der Waals surface area contributed by atoms with E-state index in [1.165, 1.54) is 7.11 Å². The van der Waals surface area contributed by atoms with Crippen LogP contribution in [0.2, 0.25) is 0 Å². The van der Waals surface area contributed by atoms with Crippen molar-refractivity contribution < 1.29 is 17.9 Å². The third kappa shape index (κ3) is 3.46. The van der Waals surface area contributed by atoms with Crippen LogP contribution in [0.4, 0.5) is 0 Å². The highest BCUT2D eigenvalue weighted by atomic mass is 32.2. The summed E-state index contributed by atoms with van der Waals surface area (Å²) in [5.74, 6) is -0.650. The Morgan fingerprint density at radius 2 is 2.05 bits per heavy atom. The molecular weight excluding hydrogens is 324 g/mol. The van der Waals surface area contributed by atoms with Crippen LogP contribution in [-0.4, -0.2) is 34.6 Å². The van der Waals surface area contributed by atoms with Gasteiger partial charge in [0, 0.05) is 16.6 Å². The van der Waals surface area contributed by atoms with Crippen LogP contribution >= 0.6 is 11.3 Å². The number of nitrogens with one attached hydrogen (secondary N) is 1. The number of benzene rings is 1. The number of esters is 1. The molecule has 0 radical (unpaired) electrons. The number of ether oxygens (including phenoxy) is 1. The van der Waals surface area contributed by atoms with Crippen LogP contribution in [0.3, 0.4) is 0 Å². The number of hydrogen-bond acceptors (Lipinski definition) is 6. The highest BCUT2D eigenvalue weighted by Gasteiger charge is 2.28. The molecule has 2 rings (SSSR count). The average Bonchev–Trinajstić information content (AvgIpc) is 2.91. The molecule has 0 saturated carbocycles. The summed E-state index contributed by atoms with van der Waals surface area (Å²) in [7, 11) is -2.56. The smallest absolute Gasteiger partial charge is 0.349 e. The van der Waals surface area contributed by atoms with Crippen molar-refractivity contribution in [2.45, 2.75) is 17.7 Å². The van der Waals surface area contributed by atoms with Crippen molar-refractivity contribution in [1.82, 2.24) is 4.72 Å². The van der Waals surface area contributed by atoms with Gasteiger partial charge in [0.2, 0.25) is 10.0 Å². The van der Waals surface area contributed by atoms with Gasteiger partial charge in [-0.1, -0.05) is 18.2 Å². The van der Waals surface area contributed by atoms with Crippen LogP contribution in [0.5, 0.6) is 0 Å². The second-order valence-electron chi connectivity index (χ2n) is 4.64. The van der Waals surface area contributed by atoms with E-state index in [9.17, 15) is 13.2 Å². The van der Waals surface area contributed by atoms with Gasteiger partial charge in [0.05, 0.1) is 7.11 Å². The van der Waals surface area contributed by atoms with Crippen molar-refractivity contribution >= 4 is 37.4 Å². The summed E-state index contributed by atoms with van der Waals surface area (Å²) in [5.41, 5.74) is 5.39. The molecule has 0 bridgehead atoms. The second-order valence-corrected chi connectivity index (χ2v) is 7.40. The lowest BCUT2D eigenvalue weighted by Crippen LogP contribution is -2.26. The summed E-state index contributed by atoms with van der Waals surface area (Å²) < 4.78 is 33.1. The molecule has 8 heteroatoms. The summed E-state index contributed by atoms with van der Waals surface area (Å²) in [5, 5.41) is 0.527. The first-order valence-corrected chi connectivity index (χ1v) is 9.11. The monoisotopic (exact) mass is 342 g/mol. The van der Waals surface area contributed by atoms with E-state index in [0.717, 1.165) is 22.5 Å². The van der Waals surface area contributed by atoms with Gasteiger partial charge >= 0.3 is 5.97 Å². The Morgan fingerprint density at radius 1 is 1.32 bits per heavy atom. The fourth-order valence-electron chi connectivity index (χ4n) is 2.06. The van der Waals surface area contributed by atoms with Crippen LogP contribution in [0.25, 0.3) is 10.1 Å². The van der Waals surface area contributed by atoms with E-state index in [0.29, 0.717) is 18.4 Å². The maximum absolute atomic E-state index is 12.6. The van der Waals surface area contributed by atoms with Crippen molar-refractivity contribution in [1.29, 1.82) is 0 Å². The number of sulfonamides is 1. The van der Waals surface area contributed by atoms with E-state index >= 15 is 0 Å². The molecule has 2 aromatic rings. The highest BCUT2D eigenvalue weighted by molar-refractivity contribution is 7.90. The lowest BCUT2D eigenvalue weighted by atomic mass is 10.2. The first-order valence-electron chi connectivity index (χ1n) is 6.81. The van der Waals surface area contributed by atoms with Crippen molar-refractivity contribution in [3.8, 4) is 0 Å². The average molecular weight is 342 g/mol. The van der Waals surface area contributed by atoms with Crippen molar-refractivity contribution in [2.75, 3.05) is 20.2 Å². The summed E-state index contributed by atoms with van der Waals surface area (Å²) in [6.45, 7) is 0.792. The number of fused-ring (bicyclic) bond motifs is 1. The second kappa shape index (κ2) is 7.19. The molecule has 0 aliphatic heterocycles. The van der Waals surface area contributed by atoms with Gasteiger partial charge in [-0.15, -0.1) is 11.3 Å². The molecule has 0 spiro atoms.